The van der Waals surface area contributed by atoms with E-state index < -0.39 is 34.1 Å². The highest BCUT2D eigenvalue weighted by molar-refractivity contribution is 8.01. The van der Waals surface area contributed by atoms with Crippen molar-refractivity contribution in [2.75, 3.05) is 28.2 Å². The second-order valence-corrected chi connectivity index (χ2v) is 9.36. The number of benzene rings is 1. The number of halogens is 2. The number of amides is 1. The van der Waals surface area contributed by atoms with E-state index in [1.807, 2.05) is 6.92 Å². The van der Waals surface area contributed by atoms with Crippen molar-refractivity contribution in [2.24, 2.45) is 0 Å². The molecule has 1 aromatic carbocycles. The highest BCUT2D eigenvalue weighted by Crippen LogP contribution is 2.26. The minimum absolute atomic E-state index is 0.155. The lowest BCUT2D eigenvalue weighted by atomic mass is 10.3. The highest BCUT2D eigenvalue weighted by atomic mass is 32.2. The summed E-state index contributed by atoms with van der Waals surface area (Å²) in [4.78, 5) is 12.2. The third kappa shape index (κ3) is 5.61. The number of hydrogen-bond donors (Lipinski definition) is 1. The van der Waals surface area contributed by atoms with Crippen LogP contribution in [0.4, 0.5) is 19.6 Å². The molecule has 0 saturated carbocycles. The van der Waals surface area contributed by atoms with Gasteiger partial charge in [0.2, 0.25) is 21.1 Å². The Balaban J connectivity index is 2.12. The molecular weight excluding hydrogens is 406 g/mol. The maximum absolute atomic E-state index is 13.4. The van der Waals surface area contributed by atoms with Gasteiger partial charge in [-0.1, -0.05) is 30.0 Å². The second-order valence-electron chi connectivity index (χ2n) is 5.14. The van der Waals surface area contributed by atoms with Gasteiger partial charge in [0.15, 0.2) is 16.0 Å². The molecule has 0 bridgehead atoms. The Hall–Kier alpha value is -1.79. The molecule has 0 aliphatic heterocycles. The Morgan fingerprint density at radius 3 is 2.65 bits per heavy atom. The number of carbonyl (C=O) groups is 1. The summed E-state index contributed by atoms with van der Waals surface area (Å²) in [5.74, 6) is -2.14. The van der Waals surface area contributed by atoms with E-state index >= 15 is 0 Å². The molecule has 0 fully saturated rings. The van der Waals surface area contributed by atoms with E-state index in [0.717, 1.165) is 30.6 Å². The SMILES string of the molecule is CCCSc1nnc(NC(=O)CN(c2ccc(F)c(F)c2)S(C)(=O)=O)s1. The van der Waals surface area contributed by atoms with Gasteiger partial charge >= 0.3 is 0 Å². The molecule has 0 saturated heterocycles. The van der Waals surface area contributed by atoms with Crippen LogP contribution >= 0.6 is 23.1 Å². The van der Waals surface area contributed by atoms with Crippen LogP contribution in [0.5, 0.6) is 0 Å². The van der Waals surface area contributed by atoms with Crippen LogP contribution in [0.25, 0.3) is 0 Å². The van der Waals surface area contributed by atoms with Gasteiger partial charge < -0.3 is 0 Å². The highest BCUT2D eigenvalue weighted by Gasteiger charge is 2.22. The summed E-state index contributed by atoms with van der Waals surface area (Å²) < 4.78 is 51.7. The molecule has 2 aromatic rings. The molecule has 1 aromatic heterocycles. The van der Waals surface area contributed by atoms with Crippen LogP contribution in [-0.4, -0.2) is 43.1 Å². The molecule has 142 valence electrons. The molecule has 1 amide bonds. The summed E-state index contributed by atoms with van der Waals surface area (Å²) in [6.07, 6.45) is 1.83. The first kappa shape index (κ1) is 20.5. The Morgan fingerprint density at radius 1 is 1.31 bits per heavy atom. The van der Waals surface area contributed by atoms with Gasteiger partial charge in [0.05, 0.1) is 11.9 Å². The molecule has 0 aliphatic rings. The predicted molar refractivity (Wildman–Crippen MR) is 98.1 cm³/mol. The molecule has 7 nitrogen and oxygen atoms in total. The Morgan fingerprint density at radius 2 is 2.04 bits per heavy atom. The van der Waals surface area contributed by atoms with E-state index in [0.29, 0.717) is 14.7 Å². The smallest absolute Gasteiger partial charge is 0.246 e. The molecular formula is C14H16F2N4O3S3. The average molecular weight is 423 g/mol. The lowest BCUT2D eigenvalue weighted by molar-refractivity contribution is -0.114. The first-order chi connectivity index (χ1) is 12.2. The molecule has 0 radical (unpaired) electrons. The number of sulfonamides is 1. The fourth-order valence-corrected chi connectivity index (χ4v) is 4.38. The van der Waals surface area contributed by atoms with Gasteiger partial charge in [-0.2, -0.15) is 0 Å². The maximum Gasteiger partial charge on any atom is 0.246 e. The lowest BCUT2D eigenvalue weighted by Gasteiger charge is -2.21. The Kier molecular flexibility index (Phi) is 6.89. The zero-order chi connectivity index (χ0) is 19.3. The topological polar surface area (TPSA) is 92.3 Å². The number of aromatic nitrogens is 2. The van der Waals surface area contributed by atoms with Crippen molar-refractivity contribution >= 4 is 49.8 Å². The second kappa shape index (κ2) is 8.73. The quantitative estimate of drug-likeness (QED) is 0.519. The number of thioether (sulfide) groups is 1. The summed E-state index contributed by atoms with van der Waals surface area (Å²) in [7, 11) is -3.90. The molecule has 0 spiro atoms. The van der Waals surface area contributed by atoms with Crippen LogP contribution in [-0.2, 0) is 14.8 Å². The van der Waals surface area contributed by atoms with E-state index in [1.165, 1.54) is 23.1 Å². The Labute approximate surface area is 157 Å². The molecule has 1 N–H and O–H groups in total. The monoisotopic (exact) mass is 422 g/mol. The fraction of sp³-hybridized carbons (Fsp3) is 0.357. The minimum atomic E-state index is -3.90. The van der Waals surface area contributed by atoms with Crippen LogP contribution in [0.2, 0.25) is 0 Å². The number of anilines is 2. The van der Waals surface area contributed by atoms with Crippen molar-refractivity contribution in [1.29, 1.82) is 0 Å². The van der Waals surface area contributed by atoms with E-state index in [2.05, 4.69) is 15.5 Å². The average Bonchev–Trinajstić information content (AvgIpc) is 2.99. The zero-order valence-corrected chi connectivity index (χ0v) is 16.3. The van der Waals surface area contributed by atoms with Crippen LogP contribution in [0.15, 0.2) is 22.5 Å². The van der Waals surface area contributed by atoms with Gasteiger partial charge in [-0.25, -0.2) is 17.2 Å². The third-order valence-corrected chi connectivity index (χ3v) is 6.28. The molecule has 0 aliphatic carbocycles. The zero-order valence-electron chi connectivity index (χ0n) is 13.9. The summed E-state index contributed by atoms with van der Waals surface area (Å²) >= 11 is 2.66. The molecule has 2 rings (SSSR count). The van der Waals surface area contributed by atoms with Crippen LogP contribution in [0, 0.1) is 11.6 Å². The van der Waals surface area contributed by atoms with Crippen molar-refractivity contribution < 1.29 is 22.0 Å². The summed E-state index contributed by atoms with van der Waals surface area (Å²) in [6, 6.07) is 2.59. The van der Waals surface area contributed by atoms with Gasteiger partial charge in [0, 0.05) is 11.8 Å². The van der Waals surface area contributed by atoms with Gasteiger partial charge in [-0.3, -0.25) is 14.4 Å². The van der Waals surface area contributed by atoms with Crippen LogP contribution in [0.3, 0.4) is 0 Å². The number of nitrogens with zero attached hydrogens (tertiary/aromatic N) is 3. The van der Waals surface area contributed by atoms with Crippen LogP contribution in [0.1, 0.15) is 13.3 Å². The Bertz CT molecular complexity index is 889. The number of nitrogens with one attached hydrogen (secondary N) is 1. The third-order valence-electron chi connectivity index (χ3n) is 2.96. The standard InChI is InChI=1S/C14H16F2N4O3S3/c1-3-6-24-14-19-18-13(25-14)17-12(21)8-20(26(2,22)23)9-4-5-10(15)11(16)7-9/h4-5,7H,3,6,8H2,1-2H3,(H,17,18,21). The first-order valence-corrected chi connectivity index (χ1v) is 11.0. The summed E-state index contributed by atoms with van der Waals surface area (Å²) in [5, 5.41) is 10.4. The maximum atomic E-state index is 13.4. The number of carbonyl (C=O) groups excluding carboxylic acids is 1. The van der Waals surface area contributed by atoms with Crippen molar-refractivity contribution in [1.82, 2.24) is 10.2 Å². The molecule has 26 heavy (non-hydrogen) atoms. The van der Waals surface area contributed by atoms with Crippen molar-refractivity contribution in [3.63, 3.8) is 0 Å². The normalized spacial score (nSPS) is 11.4. The van der Waals surface area contributed by atoms with E-state index in [1.54, 1.807) is 0 Å². The largest absolute Gasteiger partial charge is 0.299 e. The van der Waals surface area contributed by atoms with E-state index in [4.69, 9.17) is 0 Å². The number of rotatable bonds is 8. The van der Waals surface area contributed by atoms with E-state index in [9.17, 15) is 22.0 Å². The molecule has 0 unspecified atom stereocenters. The molecule has 12 heteroatoms. The van der Waals surface area contributed by atoms with Gasteiger partial charge in [-0.05, 0) is 18.6 Å². The predicted octanol–water partition coefficient (Wildman–Crippen LogP) is 2.72. The van der Waals surface area contributed by atoms with Gasteiger partial charge in [0.25, 0.3) is 0 Å². The van der Waals surface area contributed by atoms with Gasteiger partial charge in [-0.15, -0.1) is 10.2 Å². The molecule has 0 atom stereocenters. The number of hydrogen-bond acceptors (Lipinski definition) is 7. The van der Waals surface area contributed by atoms with Crippen molar-refractivity contribution in [3.8, 4) is 0 Å². The van der Waals surface area contributed by atoms with Crippen molar-refractivity contribution in [2.45, 2.75) is 17.7 Å². The molecule has 1 heterocycles. The van der Waals surface area contributed by atoms with Crippen molar-refractivity contribution in [3.05, 3.63) is 29.8 Å². The summed E-state index contributed by atoms with van der Waals surface area (Å²) in [5.41, 5.74) is -0.155. The summed E-state index contributed by atoms with van der Waals surface area (Å²) in [6.45, 7) is 1.41. The van der Waals surface area contributed by atoms with Crippen LogP contribution < -0.4 is 9.62 Å². The first-order valence-electron chi connectivity index (χ1n) is 7.39. The fourth-order valence-electron chi connectivity index (χ4n) is 1.84. The lowest BCUT2D eigenvalue weighted by Crippen LogP contribution is -2.37. The van der Waals surface area contributed by atoms with Gasteiger partial charge in [0.1, 0.15) is 6.54 Å². The minimum Gasteiger partial charge on any atom is -0.299 e. The van der Waals surface area contributed by atoms with E-state index in [-0.39, 0.29) is 10.8 Å².